The largest absolute Gasteiger partial charge is 0.490 e. The van der Waals surface area contributed by atoms with Crippen LogP contribution in [0.1, 0.15) is 50.8 Å². The summed E-state index contributed by atoms with van der Waals surface area (Å²) in [4.78, 5) is 17.0. The summed E-state index contributed by atoms with van der Waals surface area (Å²) in [6, 6.07) is 13.8. The zero-order valence-electron chi connectivity index (χ0n) is 20.9. The van der Waals surface area contributed by atoms with Gasteiger partial charge in [0.05, 0.1) is 18.2 Å². The Morgan fingerprint density at radius 2 is 2.00 bits per heavy atom. The lowest BCUT2D eigenvalue weighted by Gasteiger charge is -2.16. The molecule has 0 atom stereocenters. The van der Waals surface area contributed by atoms with Gasteiger partial charge in [0.25, 0.3) is 5.89 Å². The minimum atomic E-state index is 0.00290. The van der Waals surface area contributed by atoms with Crippen molar-refractivity contribution >= 4 is 5.91 Å². The van der Waals surface area contributed by atoms with Crippen molar-refractivity contribution in [3.63, 3.8) is 0 Å². The van der Waals surface area contributed by atoms with Crippen LogP contribution in [0.15, 0.2) is 40.9 Å². The summed E-state index contributed by atoms with van der Waals surface area (Å²) in [7, 11) is 0. The molecule has 0 saturated carbocycles. The fourth-order valence-electron chi connectivity index (χ4n) is 4.09. The third-order valence-electron chi connectivity index (χ3n) is 5.81. The van der Waals surface area contributed by atoms with Crippen LogP contribution < -0.4 is 10.5 Å². The molecule has 0 fully saturated rings. The number of benzene rings is 2. The molecule has 2 N–H and O–H groups in total. The highest BCUT2D eigenvalue weighted by Crippen LogP contribution is 2.32. The summed E-state index contributed by atoms with van der Waals surface area (Å²) in [5.74, 6) is 1.59. The summed E-state index contributed by atoms with van der Waals surface area (Å²) < 4.78 is 11.1. The van der Waals surface area contributed by atoms with Crippen LogP contribution in [0.25, 0.3) is 22.8 Å². The van der Waals surface area contributed by atoms with E-state index >= 15 is 0 Å². The van der Waals surface area contributed by atoms with Gasteiger partial charge in [0, 0.05) is 24.2 Å². The molecule has 8 nitrogen and oxygen atoms in total. The second-order valence-corrected chi connectivity index (χ2v) is 8.48. The zero-order chi connectivity index (χ0) is 25.4. The summed E-state index contributed by atoms with van der Waals surface area (Å²) in [6.07, 6.45) is 3.33. The number of carbonyl (C=O) groups is 1. The number of fused-ring (bicyclic) bond motifs is 1. The number of hydrogen-bond acceptors (Lipinski definition) is 7. The molecule has 1 aliphatic rings. The summed E-state index contributed by atoms with van der Waals surface area (Å²) in [5.41, 5.74) is 10.0. The van der Waals surface area contributed by atoms with Gasteiger partial charge in [-0.15, -0.1) is 0 Å². The van der Waals surface area contributed by atoms with E-state index in [1.54, 1.807) is 17.0 Å². The van der Waals surface area contributed by atoms with Gasteiger partial charge in [-0.3, -0.25) is 4.79 Å². The average Bonchev–Trinajstić information content (AvgIpc) is 3.55. The van der Waals surface area contributed by atoms with Crippen LogP contribution in [0.5, 0.6) is 5.75 Å². The topological polar surface area (TPSA) is 118 Å². The first kappa shape index (κ1) is 25.9. The van der Waals surface area contributed by atoms with Crippen molar-refractivity contribution < 1.29 is 14.1 Å². The lowest BCUT2D eigenvalue weighted by molar-refractivity contribution is -0.129. The van der Waals surface area contributed by atoms with Gasteiger partial charge < -0.3 is 19.9 Å². The van der Waals surface area contributed by atoms with Crippen molar-refractivity contribution in [3.8, 4) is 34.7 Å². The van der Waals surface area contributed by atoms with E-state index in [1.165, 1.54) is 17.5 Å². The molecule has 2 aromatic carbocycles. The second kappa shape index (κ2) is 12.1. The molecule has 0 radical (unpaired) electrons. The molecule has 4 rings (SSSR count). The van der Waals surface area contributed by atoms with Gasteiger partial charge in [-0.05, 0) is 76.3 Å². The van der Waals surface area contributed by atoms with Crippen molar-refractivity contribution in [2.45, 2.75) is 53.1 Å². The Hall–Kier alpha value is -3.70. The number of carbonyl (C=O) groups excluding carboxylic acids is 1. The first-order valence-corrected chi connectivity index (χ1v) is 12.1. The summed E-state index contributed by atoms with van der Waals surface area (Å²) >= 11 is 0. The Labute approximate surface area is 206 Å². The van der Waals surface area contributed by atoms with E-state index in [-0.39, 0.29) is 18.6 Å². The van der Waals surface area contributed by atoms with Gasteiger partial charge >= 0.3 is 0 Å². The van der Waals surface area contributed by atoms with Gasteiger partial charge in [-0.25, -0.2) is 0 Å². The molecule has 1 aromatic heterocycles. The molecule has 0 spiro atoms. The highest BCUT2D eigenvalue weighted by Gasteiger charge is 2.20. The minimum absolute atomic E-state index is 0.00290. The molecule has 184 valence electrons. The highest BCUT2D eigenvalue weighted by molar-refractivity contribution is 5.77. The number of nitrogens with zero attached hydrogens (tertiary/aromatic N) is 4. The van der Waals surface area contributed by atoms with Gasteiger partial charge in [-0.2, -0.15) is 10.2 Å². The van der Waals surface area contributed by atoms with Gasteiger partial charge in [0.2, 0.25) is 11.7 Å². The molecular weight excluding hydrogens is 442 g/mol. The maximum absolute atomic E-state index is 10.8. The van der Waals surface area contributed by atoms with Gasteiger partial charge in [0.1, 0.15) is 11.8 Å². The predicted molar refractivity (Wildman–Crippen MR) is 135 cm³/mol. The van der Waals surface area contributed by atoms with Crippen LogP contribution >= 0.6 is 0 Å². The maximum Gasteiger partial charge on any atom is 0.258 e. The summed E-state index contributed by atoms with van der Waals surface area (Å²) in [5, 5.41) is 13.6. The number of ether oxygens (including phenoxy) is 1. The second-order valence-electron chi connectivity index (χ2n) is 8.48. The number of nitriles is 1. The SMILES string of the molecule is CC(C)Oc1ccc(-c2nc(-c3cccc4c3CCC4)no2)cc1C#N.CCN(CC)C(=O)CN. The Morgan fingerprint density at radius 3 is 2.63 bits per heavy atom. The van der Waals surface area contributed by atoms with Crippen LogP contribution in [0.4, 0.5) is 0 Å². The summed E-state index contributed by atoms with van der Waals surface area (Å²) in [6.45, 7) is 9.38. The maximum atomic E-state index is 10.8. The van der Waals surface area contributed by atoms with Gasteiger partial charge in [0.15, 0.2) is 0 Å². The van der Waals surface area contributed by atoms with Crippen LogP contribution in [-0.4, -0.2) is 46.7 Å². The van der Waals surface area contributed by atoms with Gasteiger partial charge in [-0.1, -0.05) is 23.4 Å². The molecule has 0 saturated heterocycles. The van der Waals surface area contributed by atoms with E-state index in [1.807, 2.05) is 45.9 Å². The molecule has 1 amide bonds. The van der Waals surface area contributed by atoms with Crippen molar-refractivity contribution in [3.05, 3.63) is 53.1 Å². The smallest absolute Gasteiger partial charge is 0.258 e. The first-order valence-electron chi connectivity index (χ1n) is 12.1. The molecular formula is C27H33N5O3. The average molecular weight is 476 g/mol. The fourth-order valence-corrected chi connectivity index (χ4v) is 4.09. The van der Waals surface area contributed by atoms with Crippen LogP contribution in [0.3, 0.4) is 0 Å². The molecule has 0 bridgehead atoms. The standard InChI is InChI=1S/C21H19N3O2.C6H14N2O/c1-13(2)25-19-10-9-15(11-16(19)12-22)21-23-20(24-26-21)18-8-4-6-14-5-3-7-17(14)18;1-3-8(4-2)6(9)5-7/h4,6,8-11,13H,3,5,7H2,1-2H3;3-5,7H2,1-2H3. The predicted octanol–water partition coefficient (Wildman–Crippen LogP) is 4.36. The molecule has 1 aliphatic carbocycles. The monoisotopic (exact) mass is 475 g/mol. The van der Waals surface area contributed by atoms with Crippen molar-refractivity contribution in [1.82, 2.24) is 15.0 Å². The number of aromatic nitrogens is 2. The molecule has 0 unspecified atom stereocenters. The molecule has 1 heterocycles. The van der Waals surface area contributed by atoms with E-state index in [4.69, 9.17) is 15.0 Å². The first-order chi connectivity index (χ1) is 16.9. The minimum Gasteiger partial charge on any atom is -0.490 e. The van der Waals surface area contributed by atoms with Crippen LogP contribution in [-0.2, 0) is 17.6 Å². The van der Waals surface area contributed by atoms with Crippen molar-refractivity contribution in [2.24, 2.45) is 5.73 Å². The third kappa shape index (κ3) is 6.25. The van der Waals surface area contributed by atoms with Crippen molar-refractivity contribution in [1.29, 1.82) is 5.26 Å². The van der Waals surface area contributed by atoms with E-state index in [0.29, 0.717) is 28.6 Å². The quantitative estimate of drug-likeness (QED) is 0.539. The Bertz CT molecular complexity index is 1190. The van der Waals surface area contributed by atoms with E-state index in [9.17, 15) is 10.1 Å². The third-order valence-corrected chi connectivity index (χ3v) is 5.81. The van der Waals surface area contributed by atoms with Crippen LogP contribution in [0, 0.1) is 11.3 Å². The normalized spacial score (nSPS) is 11.9. The molecule has 3 aromatic rings. The lowest BCUT2D eigenvalue weighted by atomic mass is 10.0. The van der Waals surface area contributed by atoms with Crippen molar-refractivity contribution in [2.75, 3.05) is 19.6 Å². The number of amides is 1. The number of likely N-dealkylation sites (N-methyl/N-ethyl adjacent to an activating group) is 1. The van der Waals surface area contributed by atoms with E-state index < -0.39 is 0 Å². The van der Waals surface area contributed by atoms with E-state index in [0.717, 1.165) is 31.5 Å². The zero-order valence-corrected chi connectivity index (χ0v) is 20.9. The highest BCUT2D eigenvalue weighted by atomic mass is 16.5. The lowest BCUT2D eigenvalue weighted by Crippen LogP contribution is -2.35. The number of aryl methyl sites for hydroxylation is 1. The Kier molecular flexibility index (Phi) is 8.98. The Morgan fingerprint density at radius 1 is 1.23 bits per heavy atom. The molecule has 8 heteroatoms. The fraction of sp³-hybridized carbons (Fsp3) is 0.407. The molecule has 0 aliphatic heterocycles. The number of nitrogens with two attached hydrogens (primary N) is 1. The number of hydrogen-bond donors (Lipinski definition) is 1. The molecule has 35 heavy (non-hydrogen) atoms. The van der Waals surface area contributed by atoms with E-state index in [2.05, 4.69) is 22.3 Å². The Balaban J connectivity index is 0.000000327. The van der Waals surface area contributed by atoms with Crippen LogP contribution in [0.2, 0.25) is 0 Å². The number of rotatable bonds is 7.